The third kappa shape index (κ3) is 2.76. The Morgan fingerprint density at radius 2 is 2.06 bits per heavy atom. The Kier molecular flexibility index (Phi) is 3.78. The van der Waals surface area contributed by atoms with E-state index in [1.165, 1.54) is 0 Å². The van der Waals surface area contributed by atoms with Gasteiger partial charge in [0.2, 0.25) is 0 Å². The molecule has 0 bridgehead atoms. The molecule has 1 aromatic heterocycles. The summed E-state index contributed by atoms with van der Waals surface area (Å²) in [6.45, 7) is 4.17. The summed E-state index contributed by atoms with van der Waals surface area (Å²) in [5.74, 6) is 1.44. The molecule has 96 valence electrons. The van der Waals surface area contributed by atoms with Crippen LogP contribution in [-0.2, 0) is 6.42 Å². The molecule has 2 rings (SSSR count). The molecule has 0 aliphatic heterocycles. The summed E-state index contributed by atoms with van der Waals surface area (Å²) in [7, 11) is 0. The average Bonchev–Trinajstić information content (AvgIpc) is 2.70. The third-order valence-corrected chi connectivity index (χ3v) is 2.91. The minimum Gasteiger partial charge on any atom is -0.397 e. The molecule has 0 radical (unpaired) electrons. The van der Waals surface area contributed by atoms with Crippen molar-refractivity contribution in [2.75, 3.05) is 5.73 Å². The number of benzene rings is 1. The van der Waals surface area contributed by atoms with Crippen LogP contribution in [0.5, 0.6) is 0 Å². The number of nitrogen functional groups attached to an aromatic ring is 1. The molecule has 0 saturated heterocycles. The standard InChI is InChI=1S/C12H13Cl2N3O/c1-6(2)3-10-16-12(18-17-10)8-4-7(13)5-9(14)11(8)15/h4-6H,3,15H2,1-2H3. The van der Waals surface area contributed by atoms with Gasteiger partial charge in [-0.25, -0.2) is 0 Å². The number of hydrogen-bond acceptors (Lipinski definition) is 4. The molecule has 18 heavy (non-hydrogen) atoms. The van der Waals surface area contributed by atoms with Crippen molar-refractivity contribution in [3.63, 3.8) is 0 Å². The van der Waals surface area contributed by atoms with Gasteiger partial charge in [-0.15, -0.1) is 0 Å². The van der Waals surface area contributed by atoms with Crippen molar-refractivity contribution < 1.29 is 4.52 Å². The largest absolute Gasteiger partial charge is 0.397 e. The van der Waals surface area contributed by atoms with Crippen molar-refractivity contribution in [1.82, 2.24) is 10.1 Å². The highest BCUT2D eigenvalue weighted by atomic mass is 35.5. The minimum absolute atomic E-state index is 0.340. The normalized spacial score (nSPS) is 11.2. The van der Waals surface area contributed by atoms with Gasteiger partial charge in [0.15, 0.2) is 5.82 Å². The smallest absolute Gasteiger partial charge is 0.260 e. The van der Waals surface area contributed by atoms with Crippen LogP contribution in [0.15, 0.2) is 16.7 Å². The number of halogens is 2. The first kappa shape index (κ1) is 13.2. The third-order valence-electron chi connectivity index (χ3n) is 2.38. The first-order valence-electron chi connectivity index (χ1n) is 5.55. The minimum atomic E-state index is 0.340. The Labute approximate surface area is 115 Å². The molecule has 2 N–H and O–H groups in total. The van der Waals surface area contributed by atoms with Crippen LogP contribution in [0, 0.1) is 5.92 Å². The molecule has 4 nitrogen and oxygen atoms in total. The van der Waals surface area contributed by atoms with E-state index in [2.05, 4.69) is 24.0 Å². The maximum absolute atomic E-state index is 5.96. The fourth-order valence-electron chi connectivity index (χ4n) is 1.57. The van der Waals surface area contributed by atoms with E-state index in [-0.39, 0.29) is 0 Å². The Bertz CT molecular complexity index is 566. The molecule has 0 spiro atoms. The summed E-state index contributed by atoms with van der Waals surface area (Å²) in [6, 6.07) is 3.24. The highest BCUT2D eigenvalue weighted by molar-refractivity contribution is 6.37. The summed E-state index contributed by atoms with van der Waals surface area (Å²) >= 11 is 11.9. The van der Waals surface area contributed by atoms with Gasteiger partial charge in [-0.3, -0.25) is 0 Å². The predicted molar refractivity (Wildman–Crippen MR) is 72.7 cm³/mol. The zero-order valence-corrected chi connectivity index (χ0v) is 11.6. The molecule has 2 aromatic rings. The highest BCUT2D eigenvalue weighted by Gasteiger charge is 2.15. The van der Waals surface area contributed by atoms with Crippen LogP contribution in [0.25, 0.3) is 11.5 Å². The predicted octanol–water partition coefficient (Wildman–Crippen LogP) is 3.82. The number of hydrogen-bond donors (Lipinski definition) is 1. The van der Waals surface area contributed by atoms with Crippen LogP contribution in [0.2, 0.25) is 10.0 Å². The maximum Gasteiger partial charge on any atom is 0.260 e. The van der Waals surface area contributed by atoms with E-state index in [9.17, 15) is 0 Å². The zero-order chi connectivity index (χ0) is 13.3. The van der Waals surface area contributed by atoms with E-state index in [0.717, 1.165) is 6.42 Å². The number of aromatic nitrogens is 2. The fraction of sp³-hybridized carbons (Fsp3) is 0.333. The quantitative estimate of drug-likeness (QED) is 0.871. The van der Waals surface area contributed by atoms with Gasteiger partial charge in [0, 0.05) is 11.4 Å². The molecule has 0 amide bonds. The molecule has 1 aromatic carbocycles. The summed E-state index contributed by atoms with van der Waals surface area (Å²) in [6.07, 6.45) is 0.748. The first-order chi connectivity index (χ1) is 8.47. The van der Waals surface area contributed by atoms with Crippen LogP contribution in [-0.4, -0.2) is 10.1 Å². The van der Waals surface area contributed by atoms with Crippen LogP contribution in [0.1, 0.15) is 19.7 Å². The number of nitrogens with two attached hydrogens (primary N) is 1. The zero-order valence-electron chi connectivity index (χ0n) is 10.1. The monoisotopic (exact) mass is 285 g/mol. The summed E-state index contributed by atoms with van der Waals surface area (Å²) < 4.78 is 5.18. The summed E-state index contributed by atoms with van der Waals surface area (Å²) in [5.41, 5.74) is 6.83. The molecule has 0 atom stereocenters. The van der Waals surface area contributed by atoms with Gasteiger partial charge in [-0.1, -0.05) is 42.2 Å². The van der Waals surface area contributed by atoms with Gasteiger partial charge in [0.25, 0.3) is 5.89 Å². The Morgan fingerprint density at radius 1 is 1.33 bits per heavy atom. The maximum atomic E-state index is 5.96. The molecular formula is C12H13Cl2N3O. The lowest BCUT2D eigenvalue weighted by atomic mass is 10.1. The Balaban J connectivity index is 2.40. The first-order valence-corrected chi connectivity index (χ1v) is 6.30. The molecule has 0 saturated carbocycles. The van der Waals surface area contributed by atoms with E-state index < -0.39 is 0 Å². The van der Waals surface area contributed by atoms with Crippen molar-refractivity contribution >= 4 is 28.9 Å². The summed E-state index contributed by atoms with van der Waals surface area (Å²) in [5, 5.41) is 4.76. The molecule has 1 heterocycles. The van der Waals surface area contributed by atoms with Crippen molar-refractivity contribution in [2.24, 2.45) is 5.92 Å². The van der Waals surface area contributed by atoms with Crippen molar-refractivity contribution in [2.45, 2.75) is 20.3 Å². The van der Waals surface area contributed by atoms with Crippen LogP contribution in [0.3, 0.4) is 0 Å². The van der Waals surface area contributed by atoms with Gasteiger partial charge in [0.05, 0.1) is 16.3 Å². The van der Waals surface area contributed by atoms with E-state index in [1.807, 2.05) is 0 Å². The molecular weight excluding hydrogens is 273 g/mol. The van der Waals surface area contributed by atoms with Crippen molar-refractivity contribution in [3.05, 3.63) is 28.0 Å². The van der Waals surface area contributed by atoms with Crippen molar-refractivity contribution in [3.8, 4) is 11.5 Å². The van der Waals surface area contributed by atoms with Gasteiger partial charge in [0.1, 0.15) is 0 Å². The van der Waals surface area contributed by atoms with Crippen molar-refractivity contribution in [1.29, 1.82) is 0 Å². The molecule has 0 aliphatic rings. The van der Waals surface area contributed by atoms with Crippen LogP contribution in [0.4, 0.5) is 5.69 Å². The highest BCUT2D eigenvalue weighted by Crippen LogP contribution is 2.33. The molecule has 6 heteroatoms. The lowest BCUT2D eigenvalue weighted by Gasteiger charge is -2.03. The fourth-order valence-corrected chi connectivity index (χ4v) is 2.07. The second-order valence-electron chi connectivity index (χ2n) is 4.46. The SMILES string of the molecule is CC(C)Cc1noc(-c2cc(Cl)cc(Cl)c2N)n1. The summed E-state index contributed by atoms with van der Waals surface area (Å²) in [4.78, 5) is 4.29. The van der Waals surface area contributed by atoms with E-state index in [0.29, 0.717) is 38.9 Å². The van der Waals surface area contributed by atoms with Gasteiger partial charge in [-0.05, 0) is 18.1 Å². The lowest BCUT2D eigenvalue weighted by Crippen LogP contribution is -1.96. The Hall–Kier alpha value is -1.26. The average molecular weight is 286 g/mol. The number of rotatable bonds is 3. The van der Waals surface area contributed by atoms with Crippen LogP contribution < -0.4 is 5.73 Å². The number of nitrogens with zero attached hydrogens (tertiary/aromatic N) is 2. The van der Waals surface area contributed by atoms with Gasteiger partial charge in [-0.2, -0.15) is 4.98 Å². The van der Waals surface area contributed by atoms with Gasteiger partial charge < -0.3 is 10.3 Å². The van der Waals surface area contributed by atoms with E-state index in [4.69, 9.17) is 33.5 Å². The van der Waals surface area contributed by atoms with Crippen LogP contribution >= 0.6 is 23.2 Å². The van der Waals surface area contributed by atoms with E-state index >= 15 is 0 Å². The van der Waals surface area contributed by atoms with Gasteiger partial charge >= 0.3 is 0 Å². The second-order valence-corrected chi connectivity index (χ2v) is 5.31. The molecule has 0 unspecified atom stereocenters. The van der Waals surface area contributed by atoms with E-state index in [1.54, 1.807) is 12.1 Å². The lowest BCUT2D eigenvalue weighted by molar-refractivity contribution is 0.418. The number of anilines is 1. The second kappa shape index (κ2) is 5.16. The molecule has 0 aliphatic carbocycles. The molecule has 0 fully saturated rings. The Morgan fingerprint density at radius 3 is 2.72 bits per heavy atom. The topological polar surface area (TPSA) is 64.9 Å².